The zero-order valence-electron chi connectivity index (χ0n) is 21.5. The van der Waals surface area contributed by atoms with Gasteiger partial charge >= 0.3 is 0 Å². The van der Waals surface area contributed by atoms with E-state index in [4.69, 9.17) is 9.47 Å². The number of unbranched alkanes of at least 4 members (excludes halogenated alkanes) is 6. The van der Waals surface area contributed by atoms with E-state index in [0.29, 0.717) is 0 Å². The van der Waals surface area contributed by atoms with Crippen molar-refractivity contribution in [2.75, 3.05) is 27.3 Å². The third-order valence-electron chi connectivity index (χ3n) is 6.07. The first-order chi connectivity index (χ1) is 15.7. The molecule has 2 atom stereocenters. The lowest BCUT2D eigenvalue weighted by Gasteiger charge is -2.31. The average Bonchev–Trinajstić information content (AvgIpc) is 2.84. The lowest BCUT2D eigenvalue weighted by molar-refractivity contribution is 0.374. The minimum Gasteiger partial charge on any atom is -0.497 e. The van der Waals surface area contributed by atoms with Crippen molar-refractivity contribution in [1.82, 2.24) is 10.6 Å². The third-order valence-corrected chi connectivity index (χ3v) is 6.07. The average molecular weight is 514 g/mol. The van der Waals surface area contributed by atoms with Crippen molar-refractivity contribution in [2.45, 2.75) is 77.3 Å². The number of methoxy groups -OCH3 is 2. The van der Waals surface area contributed by atoms with Gasteiger partial charge in [0.1, 0.15) is 11.5 Å². The zero-order valence-corrected chi connectivity index (χ0v) is 23.1. The number of halogens is 2. The van der Waals surface area contributed by atoms with Gasteiger partial charge in [0.2, 0.25) is 0 Å². The molecule has 6 heteroatoms. The van der Waals surface area contributed by atoms with E-state index in [2.05, 4.69) is 73.0 Å². The van der Waals surface area contributed by atoms with E-state index in [1.807, 2.05) is 0 Å². The first kappa shape index (κ1) is 32.5. The molecule has 0 fully saturated rings. The minimum atomic E-state index is 0. The molecule has 4 nitrogen and oxygen atoms in total. The number of hydrogen-bond acceptors (Lipinski definition) is 4. The second-order valence-corrected chi connectivity index (χ2v) is 8.53. The normalized spacial score (nSPS) is 12.2. The Balaban J connectivity index is 0.00000544. The molecule has 2 aromatic carbocycles. The van der Waals surface area contributed by atoms with Gasteiger partial charge in [0.05, 0.1) is 26.3 Å². The molecule has 0 aliphatic heterocycles. The van der Waals surface area contributed by atoms with E-state index in [0.717, 1.165) is 24.6 Å². The van der Waals surface area contributed by atoms with Gasteiger partial charge in [-0.15, -0.1) is 24.8 Å². The molecule has 0 spiro atoms. The predicted molar refractivity (Wildman–Crippen MR) is 150 cm³/mol. The highest BCUT2D eigenvalue weighted by Crippen LogP contribution is 2.31. The molecule has 0 radical (unpaired) electrons. The topological polar surface area (TPSA) is 42.5 Å². The molecule has 2 N–H and O–H groups in total. The van der Waals surface area contributed by atoms with Crippen LogP contribution in [0.4, 0.5) is 0 Å². The number of nitrogens with one attached hydrogen (secondary N) is 2. The molecule has 2 unspecified atom stereocenters. The van der Waals surface area contributed by atoms with Crippen LogP contribution in [0.2, 0.25) is 0 Å². The lowest BCUT2D eigenvalue weighted by atomic mass is 9.92. The summed E-state index contributed by atoms with van der Waals surface area (Å²) in [5.41, 5.74) is 2.56. The van der Waals surface area contributed by atoms with E-state index in [1.165, 1.54) is 62.5 Å². The van der Waals surface area contributed by atoms with Crippen molar-refractivity contribution in [3.8, 4) is 11.5 Å². The van der Waals surface area contributed by atoms with Gasteiger partial charge in [-0.1, -0.05) is 76.6 Å². The van der Waals surface area contributed by atoms with Crippen LogP contribution in [0.15, 0.2) is 48.5 Å². The summed E-state index contributed by atoms with van der Waals surface area (Å²) in [4.78, 5) is 0. The minimum absolute atomic E-state index is 0. The fraction of sp³-hybridized carbons (Fsp3) is 0.571. The molecule has 34 heavy (non-hydrogen) atoms. The fourth-order valence-corrected chi connectivity index (χ4v) is 4.10. The monoisotopic (exact) mass is 512 g/mol. The molecule has 0 amide bonds. The molecule has 0 saturated carbocycles. The first-order valence-corrected chi connectivity index (χ1v) is 12.5. The fourth-order valence-electron chi connectivity index (χ4n) is 4.10. The van der Waals surface area contributed by atoms with E-state index in [1.54, 1.807) is 14.2 Å². The molecule has 0 aliphatic carbocycles. The second kappa shape index (κ2) is 19.8. The van der Waals surface area contributed by atoms with Crippen molar-refractivity contribution in [3.63, 3.8) is 0 Å². The summed E-state index contributed by atoms with van der Waals surface area (Å²) in [6.45, 7) is 6.55. The van der Waals surface area contributed by atoms with Crippen molar-refractivity contribution in [1.29, 1.82) is 0 Å². The van der Waals surface area contributed by atoms with Crippen molar-refractivity contribution < 1.29 is 9.47 Å². The number of ether oxygens (including phenoxy) is 2. The summed E-state index contributed by atoms with van der Waals surface area (Å²) >= 11 is 0. The van der Waals surface area contributed by atoms with E-state index in [9.17, 15) is 0 Å². The van der Waals surface area contributed by atoms with Gasteiger partial charge in [-0.05, 0) is 61.3 Å². The Morgan fingerprint density at radius 3 is 1.21 bits per heavy atom. The summed E-state index contributed by atoms with van der Waals surface area (Å²) in [5, 5.41) is 7.75. The maximum absolute atomic E-state index is 5.40. The summed E-state index contributed by atoms with van der Waals surface area (Å²) in [6, 6.07) is 17.4. The van der Waals surface area contributed by atoms with Crippen LogP contribution in [0, 0.1) is 0 Å². The van der Waals surface area contributed by atoms with Crippen LogP contribution < -0.4 is 20.1 Å². The van der Waals surface area contributed by atoms with Crippen LogP contribution in [0.1, 0.15) is 88.4 Å². The Kier molecular flexibility index (Phi) is 19.0. The van der Waals surface area contributed by atoms with Crippen molar-refractivity contribution in [3.05, 3.63) is 59.7 Å². The Labute approximate surface area is 220 Å². The van der Waals surface area contributed by atoms with Crippen molar-refractivity contribution >= 4 is 24.8 Å². The van der Waals surface area contributed by atoms with Gasteiger partial charge in [0, 0.05) is 0 Å². The van der Waals surface area contributed by atoms with Gasteiger partial charge < -0.3 is 20.1 Å². The molecule has 0 heterocycles. The van der Waals surface area contributed by atoms with Gasteiger partial charge in [0.25, 0.3) is 0 Å². The molecule has 0 aliphatic rings. The number of rotatable bonds is 17. The van der Waals surface area contributed by atoms with Crippen LogP contribution in [0.3, 0.4) is 0 Å². The van der Waals surface area contributed by atoms with Gasteiger partial charge in [-0.2, -0.15) is 0 Å². The van der Waals surface area contributed by atoms with Gasteiger partial charge in [-0.25, -0.2) is 0 Å². The maximum atomic E-state index is 5.40. The highest BCUT2D eigenvalue weighted by Gasteiger charge is 2.24. The molecule has 2 aromatic rings. The highest BCUT2D eigenvalue weighted by molar-refractivity contribution is 5.85. The molecular weight excluding hydrogens is 467 g/mol. The molecular formula is C28H46Cl2N2O2. The Hall–Kier alpha value is -1.46. The molecule has 194 valence electrons. The van der Waals surface area contributed by atoms with E-state index < -0.39 is 0 Å². The maximum Gasteiger partial charge on any atom is 0.118 e. The van der Waals surface area contributed by atoms with Gasteiger partial charge in [-0.3, -0.25) is 0 Å². The Morgan fingerprint density at radius 1 is 0.559 bits per heavy atom. The standard InChI is InChI=1S/C28H44N2O2.2ClH/c1-5-7-9-11-21-29-27(23-13-17-25(31-3)18-14-23)28(30-22-12-10-8-6-2)24-15-19-26(32-4)20-16-24;;/h13-20,27-30H,5-12,21-22H2,1-4H3;2*1H. The number of benzene rings is 2. The van der Waals surface area contributed by atoms with Crippen molar-refractivity contribution in [2.24, 2.45) is 0 Å². The smallest absolute Gasteiger partial charge is 0.118 e. The second-order valence-electron chi connectivity index (χ2n) is 8.53. The molecule has 0 bridgehead atoms. The first-order valence-electron chi connectivity index (χ1n) is 12.5. The predicted octanol–water partition coefficient (Wildman–Crippen LogP) is 7.67. The van der Waals surface area contributed by atoms with Crippen LogP contribution >= 0.6 is 24.8 Å². The largest absolute Gasteiger partial charge is 0.497 e. The van der Waals surface area contributed by atoms with Crippen LogP contribution in [0.5, 0.6) is 11.5 Å². The van der Waals surface area contributed by atoms with E-state index in [-0.39, 0.29) is 36.9 Å². The summed E-state index contributed by atoms with van der Waals surface area (Å²) in [6.07, 6.45) is 10.1. The van der Waals surface area contributed by atoms with Gasteiger partial charge in [0.15, 0.2) is 0 Å². The zero-order chi connectivity index (χ0) is 23.0. The Morgan fingerprint density at radius 2 is 0.912 bits per heavy atom. The summed E-state index contributed by atoms with van der Waals surface area (Å²) in [5.74, 6) is 1.79. The molecule has 2 rings (SSSR count). The molecule has 0 saturated heterocycles. The third kappa shape index (κ3) is 11.3. The lowest BCUT2D eigenvalue weighted by Crippen LogP contribution is -2.36. The Bertz CT molecular complexity index is 663. The van der Waals surface area contributed by atoms with Crippen LogP contribution in [-0.4, -0.2) is 27.3 Å². The SMILES string of the molecule is CCCCCCNC(c1ccc(OC)cc1)C(NCCCCCC)c1ccc(OC)cc1.Cl.Cl. The molecule has 0 aromatic heterocycles. The number of hydrogen-bond donors (Lipinski definition) is 2. The quantitative estimate of drug-likeness (QED) is 0.213. The van der Waals surface area contributed by atoms with Crippen LogP contribution in [0.25, 0.3) is 0 Å². The summed E-state index contributed by atoms with van der Waals surface area (Å²) in [7, 11) is 3.44. The highest BCUT2D eigenvalue weighted by atomic mass is 35.5. The van der Waals surface area contributed by atoms with E-state index >= 15 is 0 Å². The van der Waals surface area contributed by atoms with Crippen LogP contribution in [-0.2, 0) is 0 Å². The summed E-state index contributed by atoms with van der Waals surface area (Å²) < 4.78 is 10.8.